The fourth-order valence-electron chi connectivity index (χ4n) is 1.98. The third-order valence-corrected chi connectivity index (χ3v) is 2.99. The number of dihydropyridines is 1. The van der Waals surface area contributed by atoms with Gasteiger partial charge in [0.1, 0.15) is 5.50 Å². The van der Waals surface area contributed by atoms with Crippen molar-refractivity contribution in [3.05, 3.63) is 22.9 Å². The standard InChI is InChI=1S/C10H12ClNO2/c1-14-10(13)8-7-4-2-3-6(7)5-12-9(8)11/h5,9,12H,2-4H2,1H3. The Bertz CT molecular complexity index is 333. The van der Waals surface area contributed by atoms with E-state index >= 15 is 0 Å². The van der Waals surface area contributed by atoms with Crippen molar-refractivity contribution in [2.75, 3.05) is 7.11 Å². The van der Waals surface area contributed by atoms with E-state index in [1.807, 2.05) is 6.20 Å². The molecule has 1 aliphatic carbocycles. The predicted molar refractivity (Wildman–Crippen MR) is 53.8 cm³/mol. The third-order valence-electron chi connectivity index (χ3n) is 2.65. The van der Waals surface area contributed by atoms with E-state index in [9.17, 15) is 4.79 Å². The zero-order chi connectivity index (χ0) is 10.1. The van der Waals surface area contributed by atoms with Crippen molar-refractivity contribution < 1.29 is 9.53 Å². The number of esters is 1. The lowest BCUT2D eigenvalue weighted by atomic mass is 10.0. The highest BCUT2D eigenvalue weighted by atomic mass is 35.5. The first-order chi connectivity index (χ1) is 6.74. The Morgan fingerprint density at radius 3 is 3.14 bits per heavy atom. The Hall–Kier alpha value is -0.960. The van der Waals surface area contributed by atoms with E-state index in [-0.39, 0.29) is 5.97 Å². The molecule has 1 unspecified atom stereocenters. The molecule has 0 aromatic carbocycles. The van der Waals surface area contributed by atoms with Gasteiger partial charge in [-0.1, -0.05) is 11.6 Å². The number of nitrogens with one attached hydrogen (secondary N) is 1. The zero-order valence-corrected chi connectivity index (χ0v) is 8.73. The fourth-order valence-corrected chi connectivity index (χ4v) is 2.26. The van der Waals surface area contributed by atoms with Crippen molar-refractivity contribution in [2.24, 2.45) is 0 Å². The number of hydrogen-bond acceptors (Lipinski definition) is 3. The summed E-state index contributed by atoms with van der Waals surface area (Å²) >= 11 is 6.01. The van der Waals surface area contributed by atoms with Crippen LogP contribution in [0.5, 0.6) is 0 Å². The number of halogens is 1. The molecule has 2 aliphatic rings. The van der Waals surface area contributed by atoms with Crippen LogP contribution in [0, 0.1) is 0 Å². The SMILES string of the molecule is COC(=O)C1=C2CCCC2=CNC1Cl. The first-order valence-electron chi connectivity index (χ1n) is 4.65. The van der Waals surface area contributed by atoms with E-state index in [4.69, 9.17) is 16.3 Å². The topological polar surface area (TPSA) is 38.3 Å². The summed E-state index contributed by atoms with van der Waals surface area (Å²) in [6.07, 6.45) is 4.95. The van der Waals surface area contributed by atoms with Gasteiger partial charge in [-0.3, -0.25) is 0 Å². The molecule has 4 heteroatoms. The van der Waals surface area contributed by atoms with E-state index in [0.717, 1.165) is 24.8 Å². The van der Waals surface area contributed by atoms with Gasteiger partial charge in [0, 0.05) is 6.20 Å². The molecule has 76 valence electrons. The van der Waals surface area contributed by atoms with Crippen molar-refractivity contribution in [1.29, 1.82) is 0 Å². The number of fused-ring (bicyclic) bond motifs is 1. The van der Waals surface area contributed by atoms with Gasteiger partial charge in [-0.05, 0) is 30.4 Å². The molecule has 1 heterocycles. The summed E-state index contributed by atoms with van der Waals surface area (Å²) < 4.78 is 4.72. The molecule has 0 saturated heterocycles. The van der Waals surface area contributed by atoms with E-state index in [2.05, 4.69) is 5.32 Å². The maximum atomic E-state index is 11.5. The second kappa shape index (κ2) is 3.65. The normalized spacial score (nSPS) is 25.3. The number of hydrogen-bond donors (Lipinski definition) is 1. The number of rotatable bonds is 1. The predicted octanol–water partition coefficient (Wildman–Crippen LogP) is 1.69. The van der Waals surface area contributed by atoms with Crippen LogP contribution in [0.3, 0.4) is 0 Å². The molecule has 1 N–H and O–H groups in total. The highest BCUT2D eigenvalue weighted by Gasteiger charge is 2.30. The summed E-state index contributed by atoms with van der Waals surface area (Å²) in [6, 6.07) is 0. The van der Waals surface area contributed by atoms with Gasteiger partial charge in [0.25, 0.3) is 0 Å². The second-order valence-corrected chi connectivity index (χ2v) is 3.87. The van der Waals surface area contributed by atoms with Gasteiger partial charge in [-0.2, -0.15) is 0 Å². The van der Waals surface area contributed by atoms with E-state index in [0.29, 0.717) is 5.57 Å². The lowest BCUT2D eigenvalue weighted by Crippen LogP contribution is -2.30. The van der Waals surface area contributed by atoms with E-state index < -0.39 is 5.50 Å². The Morgan fingerprint density at radius 2 is 2.43 bits per heavy atom. The van der Waals surface area contributed by atoms with Crippen LogP contribution in [0.1, 0.15) is 19.3 Å². The third kappa shape index (κ3) is 1.42. The van der Waals surface area contributed by atoms with Crippen LogP contribution in [-0.4, -0.2) is 18.6 Å². The lowest BCUT2D eigenvalue weighted by Gasteiger charge is -2.21. The Balaban J connectivity index is 2.41. The van der Waals surface area contributed by atoms with Crippen LogP contribution in [0.15, 0.2) is 22.9 Å². The minimum Gasteiger partial charge on any atom is -0.466 e. The molecule has 0 amide bonds. The Labute approximate surface area is 87.8 Å². The van der Waals surface area contributed by atoms with E-state index in [1.165, 1.54) is 12.7 Å². The van der Waals surface area contributed by atoms with E-state index in [1.54, 1.807) is 0 Å². The van der Waals surface area contributed by atoms with Gasteiger partial charge in [-0.15, -0.1) is 0 Å². The van der Waals surface area contributed by atoms with Crippen molar-refractivity contribution in [3.8, 4) is 0 Å². The summed E-state index contributed by atoms with van der Waals surface area (Å²) in [5.41, 5.74) is 2.42. The maximum Gasteiger partial charge on any atom is 0.337 e. The zero-order valence-electron chi connectivity index (χ0n) is 7.97. The van der Waals surface area contributed by atoms with Crippen LogP contribution in [-0.2, 0) is 9.53 Å². The number of methoxy groups -OCH3 is 1. The van der Waals surface area contributed by atoms with Crippen LogP contribution >= 0.6 is 11.6 Å². The van der Waals surface area contributed by atoms with Crippen LogP contribution in [0.4, 0.5) is 0 Å². The Morgan fingerprint density at radius 1 is 1.64 bits per heavy atom. The molecule has 1 atom stereocenters. The molecular formula is C10H12ClNO2. The van der Waals surface area contributed by atoms with Gasteiger partial charge in [0.2, 0.25) is 0 Å². The smallest absolute Gasteiger partial charge is 0.337 e. The molecule has 14 heavy (non-hydrogen) atoms. The molecule has 0 bridgehead atoms. The van der Waals surface area contributed by atoms with Gasteiger partial charge in [-0.25, -0.2) is 4.79 Å². The molecule has 1 saturated carbocycles. The van der Waals surface area contributed by atoms with Gasteiger partial charge in [0.15, 0.2) is 0 Å². The van der Waals surface area contributed by atoms with Crippen LogP contribution in [0.25, 0.3) is 0 Å². The average molecular weight is 214 g/mol. The summed E-state index contributed by atoms with van der Waals surface area (Å²) in [6.45, 7) is 0. The molecular weight excluding hydrogens is 202 g/mol. The highest BCUT2D eigenvalue weighted by molar-refractivity contribution is 6.25. The van der Waals surface area contributed by atoms with Gasteiger partial charge in [0.05, 0.1) is 12.7 Å². The molecule has 0 radical (unpaired) electrons. The number of allylic oxidation sites excluding steroid dienone is 2. The number of carbonyl (C=O) groups is 1. The quantitative estimate of drug-likeness (QED) is 0.409. The molecule has 0 spiro atoms. The molecule has 1 fully saturated rings. The van der Waals surface area contributed by atoms with Crippen molar-refractivity contribution in [3.63, 3.8) is 0 Å². The molecule has 1 aliphatic heterocycles. The monoisotopic (exact) mass is 213 g/mol. The second-order valence-electron chi connectivity index (χ2n) is 3.44. The van der Waals surface area contributed by atoms with Crippen LogP contribution < -0.4 is 5.32 Å². The molecule has 3 nitrogen and oxygen atoms in total. The number of ether oxygens (including phenoxy) is 1. The lowest BCUT2D eigenvalue weighted by molar-refractivity contribution is -0.136. The summed E-state index contributed by atoms with van der Waals surface area (Å²) in [7, 11) is 1.38. The van der Waals surface area contributed by atoms with Crippen LogP contribution in [0.2, 0.25) is 0 Å². The molecule has 2 rings (SSSR count). The van der Waals surface area contributed by atoms with Gasteiger partial charge < -0.3 is 10.1 Å². The maximum absolute atomic E-state index is 11.5. The minimum absolute atomic E-state index is 0.319. The summed E-state index contributed by atoms with van der Waals surface area (Å²) in [4.78, 5) is 11.5. The molecule has 0 aromatic rings. The minimum atomic E-state index is -0.445. The van der Waals surface area contributed by atoms with Crippen molar-refractivity contribution >= 4 is 17.6 Å². The first kappa shape index (κ1) is 9.59. The fraction of sp³-hybridized carbons (Fsp3) is 0.500. The van der Waals surface area contributed by atoms with Crippen molar-refractivity contribution in [1.82, 2.24) is 5.32 Å². The number of alkyl halides is 1. The largest absolute Gasteiger partial charge is 0.466 e. The number of carbonyl (C=O) groups excluding carboxylic acids is 1. The Kier molecular flexibility index (Phi) is 2.50. The summed E-state index contributed by atoms with van der Waals surface area (Å²) in [5, 5.41) is 2.96. The highest BCUT2D eigenvalue weighted by Crippen LogP contribution is 2.36. The van der Waals surface area contributed by atoms with Crippen molar-refractivity contribution in [2.45, 2.75) is 24.8 Å². The van der Waals surface area contributed by atoms with Gasteiger partial charge >= 0.3 is 5.97 Å². The first-order valence-corrected chi connectivity index (χ1v) is 5.08. The summed E-state index contributed by atoms with van der Waals surface area (Å²) in [5.74, 6) is -0.319. The average Bonchev–Trinajstić information content (AvgIpc) is 2.64. The molecule has 0 aromatic heterocycles.